The maximum absolute atomic E-state index is 6.08. The molecule has 2 nitrogen and oxygen atoms in total. The van der Waals surface area contributed by atoms with Crippen LogP contribution in [0.4, 0.5) is 5.82 Å². The highest BCUT2D eigenvalue weighted by molar-refractivity contribution is 6.32. The highest BCUT2D eigenvalue weighted by Gasteiger charge is 2.20. The van der Waals surface area contributed by atoms with Crippen molar-refractivity contribution in [2.24, 2.45) is 5.92 Å². The summed E-state index contributed by atoms with van der Waals surface area (Å²) in [5.74, 6) is 1.59. The van der Waals surface area contributed by atoms with Crippen LogP contribution in [0.2, 0.25) is 5.02 Å². The molecule has 1 atom stereocenters. The van der Waals surface area contributed by atoms with Gasteiger partial charge < -0.3 is 5.32 Å². The lowest BCUT2D eigenvalue weighted by Crippen LogP contribution is -2.28. The van der Waals surface area contributed by atoms with Crippen molar-refractivity contribution in [3.63, 3.8) is 0 Å². The maximum Gasteiger partial charge on any atom is 0.144 e. The van der Waals surface area contributed by atoms with Crippen LogP contribution in [0.15, 0.2) is 18.3 Å². The molecule has 88 valence electrons. The van der Waals surface area contributed by atoms with Crippen LogP contribution in [0.25, 0.3) is 0 Å². The smallest absolute Gasteiger partial charge is 0.144 e. The first-order valence-corrected chi connectivity index (χ1v) is 6.52. The van der Waals surface area contributed by atoms with Gasteiger partial charge in [0.15, 0.2) is 0 Å². The molecule has 1 aromatic rings. The fraction of sp³-hybridized carbons (Fsp3) is 0.615. The molecule has 1 N–H and O–H groups in total. The van der Waals surface area contributed by atoms with Gasteiger partial charge in [-0.3, -0.25) is 0 Å². The highest BCUT2D eigenvalue weighted by atomic mass is 35.5. The molecule has 16 heavy (non-hydrogen) atoms. The summed E-state index contributed by atoms with van der Waals surface area (Å²) in [6, 6.07) is 4.20. The van der Waals surface area contributed by atoms with E-state index in [4.69, 9.17) is 11.6 Å². The fourth-order valence-electron chi connectivity index (χ4n) is 2.46. The van der Waals surface area contributed by atoms with Crippen LogP contribution in [0.5, 0.6) is 0 Å². The zero-order valence-corrected chi connectivity index (χ0v) is 10.5. The molecule has 1 aromatic heterocycles. The Labute approximate surface area is 102 Å². The molecule has 1 saturated carbocycles. The molecular formula is C13H19ClN2. The minimum atomic E-state index is 0.465. The second-order valence-corrected chi connectivity index (χ2v) is 5.07. The first-order valence-electron chi connectivity index (χ1n) is 6.14. The van der Waals surface area contributed by atoms with E-state index in [-0.39, 0.29) is 0 Å². The summed E-state index contributed by atoms with van der Waals surface area (Å²) in [7, 11) is 0. The highest BCUT2D eigenvalue weighted by Crippen LogP contribution is 2.28. The van der Waals surface area contributed by atoms with Crippen LogP contribution < -0.4 is 5.32 Å². The Morgan fingerprint density at radius 2 is 2.12 bits per heavy atom. The van der Waals surface area contributed by atoms with E-state index >= 15 is 0 Å². The number of aromatic nitrogens is 1. The van der Waals surface area contributed by atoms with Crippen LogP contribution in [0.1, 0.15) is 39.0 Å². The van der Waals surface area contributed by atoms with E-state index in [1.54, 1.807) is 6.20 Å². The number of halogens is 1. The molecule has 0 saturated heterocycles. The minimum absolute atomic E-state index is 0.465. The molecule has 3 heteroatoms. The number of pyridine rings is 1. The van der Waals surface area contributed by atoms with Crippen molar-refractivity contribution < 1.29 is 0 Å². The molecule has 1 aliphatic rings. The number of anilines is 1. The van der Waals surface area contributed by atoms with Gasteiger partial charge >= 0.3 is 0 Å². The first kappa shape index (κ1) is 11.7. The van der Waals surface area contributed by atoms with Gasteiger partial charge in [0, 0.05) is 12.2 Å². The van der Waals surface area contributed by atoms with Crippen molar-refractivity contribution in [2.45, 2.75) is 45.1 Å². The van der Waals surface area contributed by atoms with E-state index in [0.717, 1.165) is 11.7 Å². The van der Waals surface area contributed by atoms with Gasteiger partial charge in [-0.2, -0.15) is 0 Å². The quantitative estimate of drug-likeness (QED) is 0.857. The third-order valence-corrected chi connectivity index (χ3v) is 3.78. The number of hydrogen-bond acceptors (Lipinski definition) is 2. The van der Waals surface area contributed by atoms with Gasteiger partial charge in [-0.25, -0.2) is 4.98 Å². The lowest BCUT2D eigenvalue weighted by molar-refractivity contribution is 0.328. The van der Waals surface area contributed by atoms with Gasteiger partial charge in [-0.15, -0.1) is 0 Å². The van der Waals surface area contributed by atoms with E-state index < -0.39 is 0 Å². The van der Waals surface area contributed by atoms with Crippen LogP contribution in [0.3, 0.4) is 0 Å². The molecule has 2 rings (SSSR count). The van der Waals surface area contributed by atoms with Gasteiger partial charge in [-0.1, -0.05) is 30.9 Å². The molecular weight excluding hydrogens is 220 g/mol. The van der Waals surface area contributed by atoms with E-state index in [2.05, 4.69) is 17.2 Å². The van der Waals surface area contributed by atoms with E-state index in [9.17, 15) is 0 Å². The number of rotatable bonds is 3. The average Bonchev–Trinajstić information content (AvgIpc) is 2.33. The number of hydrogen-bond donors (Lipinski definition) is 1. The second-order valence-electron chi connectivity index (χ2n) is 4.66. The summed E-state index contributed by atoms with van der Waals surface area (Å²) >= 11 is 6.08. The average molecular weight is 239 g/mol. The Morgan fingerprint density at radius 1 is 1.38 bits per heavy atom. The molecule has 0 aromatic carbocycles. The minimum Gasteiger partial charge on any atom is -0.366 e. The zero-order valence-electron chi connectivity index (χ0n) is 9.75. The van der Waals surface area contributed by atoms with Crippen LogP contribution >= 0.6 is 11.6 Å². The van der Waals surface area contributed by atoms with E-state index in [1.165, 1.54) is 32.1 Å². The zero-order chi connectivity index (χ0) is 11.4. The normalized spacial score (nSPS) is 19.4. The lowest BCUT2D eigenvalue weighted by atomic mass is 9.84. The van der Waals surface area contributed by atoms with E-state index in [0.29, 0.717) is 11.1 Å². The van der Waals surface area contributed by atoms with Gasteiger partial charge in [0.1, 0.15) is 5.82 Å². The fourth-order valence-corrected chi connectivity index (χ4v) is 2.64. The SMILES string of the molecule is CC(Nc1ncccc1Cl)C1CCCCC1. The number of nitrogens with one attached hydrogen (secondary N) is 1. The molecule has 0 bridgehead atoms. The molecule has 0 aliphatic heterocycles. The second kappa shape index (κ2) is 5.53. The van der Waals surface area contributed by atoms with Gasteiger partial charge in [0.25, 0.3) is 0 Å². The van der Waals surface area contributed by atoms with Gasteiger partial charge in [-0.05, 0) is 37.8 Å². The largest absolute Gasteiger partial charge is 0.366 e. The molecule has 1 aliphatic carbocycles. The Hall–Kier alpha value is -0.760. The Morgan fingerprint density at radius 3 is 2.81 bits per heavy atom. The standard InChI is InChI=1S/C13H19ClN2/c1-10(11-6-3-2-4-7-11)16-13-12(14)8-5-9-15-13/h5,8-11H,2-4,6-7H2,1H3,(H,15,16). The Bertz CT molecular complexity index is 334. The molecule has 0 amide bonds. The van der Waals surface area contributed by atoms with Crippen LogP contribution in [-0.2, 0) is 0 Å². The van der Waals surface area contributed by atoms with Crippen molar-refractivity contribution in [1.29, 1.82) is 0 Å². The lowest BCUT2D eigenvalue weighted by Gasteiger charge is -2.28. The Balaban J connectivity index is 1.96. The van der Waals surface area contributed by atoms with Crippen molar-refractivity contribution in [2.75, 3.05) is 5.32 Å². The third kappa shape index (κ3) is 2.88. The molecule has 0 radical (unpaired) electrons. The molecule has 1 heterocycles. The number of nitrogens with zero attached hydrogens (tertiary/aromatic N) is 1. The third-order valence-electron chi connectivity index (χ3n) is 3.48. The van der Waals surface area contributed by atoms with Crippen molar-refractivity contribution in [1.82, 2.24) is 4.98 Å². The summed E-state index contributed by atoms with van der Waals surface area (Å²) in [5, 5.41) is 4.15. The molecule has 1 fully saturated rings. The van der Waals surface area contributed by atoms with Crippen LogP contribution in [0, 0.1) is 5.92 Å². The first-order chi connectivity index (χ1) is 7.77. The van der Waals surface area contributed by atoms with Crippen LogP contribution in [-0.4, -0.2) is 11.0 Å². The topological polar surface area (TPSA) is 24.9 Å². The monoisotopic (exact) mass is 238 g/mol. The van der Waals surface area contributed by atoms with Crippen molar-refractivity contribution in [3.05, 3.63) is 23.4 Å². The summed E-state index contributed by atoms with van der Waals surface area (Å²) in [4.78, 5) is 4.27. The van der Waals surface area contributed by atoms with Crippen molar-refractivity contribution >= 4 is 17.4 Å². The van der Waals surface area contributed by atoms with Gasteiger partial charge in [0.05, 0.1) is 5.02 Å². The maximum atomic E-state index is 6.08. The predicted molar refractivity (Wildman–Crippen MR) is 68.9 cm³/mol. The summed E-state index contributed by atoms with van der Waals surface area (Å²) in [6.45, 7) is 2.24. The molecule has 1 unspecified atom stereocenters. The summed E-state index contributed by atoms with van der Waals surface area (Å²) in [5.41, 5.74) is 0. The van der Waals surface area contributed by atoms with Gasteiger partial charge in [0.2, 0.25) is 0 Å². The summed E-state index contributed by atoms with van der Waals surface area (Å²) in [6.07, 6.45) is 8.58. The molecule has 0 spiro atoms. The van der Waals surface area contributed by atoms with Crippen molar-refractivity contribution in [3.8, 4) is 0 Å². The Kier molecular flexibility index (Phi) is 4.05. The summed E-state index contributed by atoms with van der Waals surface area (Å²) < 4.78 is 0. The van der Waals surface area contributed by atoms with E-state index in [1.807, 2.05) is 12.1 Å². The predicted octanol–water partition coefficient (Wildman–Crippen LogP) is 4.12.